The fraction of sp³-hybridized carbons (Fsp3) is 0.182. The minimum absolute atomic E-state index is 0.132. The summed E-state index contributed by atoms with van der Waals surface area (Å²) in [5.74, 6) is 0.0600. The first-order valence-corrected chi connectivity index (χ1v) is 8.99. The van der Waals surface area contributed by atoms with Crippen molar-refractivity contribution in [3.05, 3.63) is 83.3 Å². The Balaban J connectivity index is 1.57. The molecule has 136 valence electrons. The SMILES string of the molecule is Cc1ccccc1C(=O)Nc1ccc2c(c1)CCCN2C(=O)c1ccco1. The number of anilines is 2. The first-order valence-electron chi connectivity index (χ1n) is 8.99. The quantitative estimate of drug-likeness (QED) is 0.751. The summed E-state index contributed by atoms with van der Waals surface area (Å²) in [4.78, 5) is 27.0. The lowest BCUT2D eigenvalue weighted by molar-refractivity contribution is 0.0957. The second kappa shape index (κ2) is 7.11. The number of benzene rings is 2. The summed E-state index contributed by atoms with van der Waals surface area (Å²) in [5.41, 5.74) is 4.24. The maximum absolute atomic E-state index is 12.7. The molecule has 2 amide bonds. The molecule has 1 aromatic heterocycles. The van der Waals surface area contributed by atoms with Crippen LogP contribution in [0.4, 0.5) is 11.4 Å². The van der Waals surface area contributed by atoms with Gasteiger partial charge in [-0.25, -0.2) is 0 Å². The Kier molecular flexibility index (Phi) is 4.50. The summed E-state index contributed by atoms with van der Waals surface area (Å²) in [6.07, 6.45) is 3.24. The number of nitrogens with one attached hydrogen (secondary N) is 1. The second-order valence-corrected chi connectivity index (χ2v) is 6.65. The Labute approximate surface area is 157 Å². The first kappa shape index (κ1) is 17.1. The highest BCUT2D eigenvalue weighted by Crippen LogP contribution is 2.31. The van der Waals surface area contributed by atoms with Gasteiger partial charge in [0.15, 0.2) is 5.76 Å². The Bertz CT molecular complexity index is 993. The van der Waals surface area contributed by atoms with Gasteiger partial charge in [0.1, 0.15) is 0 Å². The number of carbonyl (C=O) groups is 2. The van der Waals surface area contributed by atoms with Gasteiger partial charge in [-0.2, -0.15) is 0 Å². The molecule has 0 saturated heterocycles. The van der Waals surface area contributed by atoms with Crippen molar-refractivity contribution in [3.8, 4) is 0 Å². The number of aryl methyl sites for hydroxylation is 2. The van der Waals surface area contributed by atoms with Gasteiger partial charge in [0.25, 0.3) is 11.8 Å². The smallest absolute Gasteiger partial charge is 0.293 e. The largest absolute Gasteiger partial charge is 0.459 e. The molecule has 1 aliphatic heterocycles. The predicted molar refractivity (Wildman–Crippen MR) is 104 cm³/mol. The van der Waals surface area contributed by atoms with E-state index in [0.29, 0.717) is 17.9 Å². The van der Waals surface area contributed by atoms with Gasteiger partial charge in [-0.1, -0.05) is 18.2 Å². The number of amides is 2. The van der Waals surface area contributed by atoms with Crippen LogP contribution in [-0.4, -0.2) is 18.4 Å². The maximum atomic E-state index is 12.7. The van der Waals surface area contributed by atoms with Crippen LogP contribution in [0.25, 0.3) is 0 Å². The lowest BCUT2D eigenvalue weighted by Crippen LogP contribution is -2.35. The van der Waals surface area contributed by atoms with Crippen LogP contribution in [0, 0.1) is 6.92 Å². The monoisotopic (exact) mass is 360 g/mol. The van der Waals surface area contributed by atoms with Crippen LogP contribution in [0.15, 0.2) is 65.3 Å². The third-order valence-corrected chi connectivity index (χ3v) is 4.82. The third kappa shape index (κ3) is 3.36. The van der Waals surface area contributed by atoms with Gasteiger partial charge in [-0.15, -0.1) is 0 Å². The van der Waals surface area contributed by atoms with Gasteiger partial charge in [0, 0.05) is 23.5 Å². The van der Waals surface area contributed by atoms with Gasteiger partial charge in [-0.3, -0.25) is 9.59 Å². The summed E-state index contributed by atoms with van der Waals surface area (Å²) in [5, 5.41) is 2.96. The minimum Gasteiger partial charge on any atom is -0.459 e. The van der Waals surface area contributed by atoms with Crippen LogP contribution in [-0.2, 0) is 6.42 Å². The standard InChI is InChI=1S/C22H20N2O3/c1-15-6-2-3-8-18(15)21(25)23-17-10-11-19-16(14-17)7-4-12-24(19)22(26)20-9-5-13-27-20/h2-3,5-6,8-11,13-14H,4,7,12H2,1H3,(H,23,25). The number of rotatable bonds is 3. The van der Waals surface area contributed by atoms with Crippen LogP contribution in [0.2, 0.25) is 0 Å². The summed E-state index contributed by atoms with van der Waals surface area (Å²) in [6, 6.07) is 16.6. The molecule has 1 aliphatic rings. The van der Waals surface area contributed by atoms with E-state index in [1.165, 1.54) is 6.26 Å². The van der Waals surface area contributed by atoms with Crippen LogP contribution in [0.3, 0.4) is 0 Å². The first-order chi connectivity index (χ1) is 13.1. The normalized spacial score (nSPS) is 13.1. The van der Waals surface area contributed by atoms with Crippen LogP contribution < -0.4 is 10.2 Å². The maximum Gasteiger partial charge on any atom is 0.293 e. The predicted octanol–water partition coefficient (Wildman–Crippen LogP) is 4.43. The highest BCUT2D eigenvalue weighted by atomic mass is 16.3. The number of nitrogens with zero attached hydrogens (tertiary/aromatic N) is 1. The van der Waals surface area contributed by atoms with Crippen molar-refractivity contribution in [2.45, 2.75) is 19.8 Å². The molecular formula is C22H20N2O3. The average Bonchev–Trinajstić information content (AvgIpc) is 3.22. The number of hydrogen-bond donors (Lipinski definition) is 1. The van der Waals surface area contributed by atoms with Gasteiger partial charge < -0.3 is 14.6 Å². The van der Waals surface area contributed by atoms with E-state index in [1.54, 1.807) is 17.0 Å². The molecule has 0 bridgehead atoms. The molecule has 2 heterocycles. The van der Waals surface area contributed by atoms with Crippen molar-refractivity contribution >= 4 is 23.2 Å². The van der Waals surface area contributed by atoms with Gasteiger partial charge in [0.2, 0.25) is 0 Å². The van der Waals surface area contributed by atoms with E-state index < -0.39 is 0 Å². The Morgan fingerprint density at radius 1 is 1.07 bits per heavy atom. The van der Waals surface area contributed by atoms with E-state index in [1.807, 2.05) is 49.4 Å². The minimum atomic E-state index is -0.141. The second-order valence-electron chi connectivity index (χ2n) is 6.65. The summed E-state index contributed by atoms with van der Waals surface area (Å²) in [6.45, 7) is 2.57. The van der Waals surface area contributed by atoms with Crippen molar-refractivity contribution in [2.75, 3.05) is 16.8 Å². The van der Waals surface area contributed by atoms with Gasteiger partial charge in [-0.05, 0) is 67.3 Å². The zero-order valence-electron chi connectivity index (χ0n) is 15.1. The molecule has 0 aliphatic carbocycles. The van der Waals surface area contributed by atoms with Crippen molar-refractivity contribution < 1.29 is 14.0 Å². The molecule has 1 N–H and O–H groups in total. The number of fused-ring (bicyclic) bond motifs is 1. The van der Waals surface area contributed by atoms with Crippen molar-refractivity contribution in [2.24, 2.45) is 0 Å². The number of furan rings is 1. The molecule has 0 radical (unpaired) electrons. The van der Waals surface area contributed by atoms with Gasteiger partial charge in [0.05, 0.1) is 6.26 Å². The molecule has 0 unspecified atom stereocenters. The van der Waals surface area contributed by atoms with Crippen LogP contribution in [0.1, 0.15) is 38.5 Å². The zero-order valence-corrected chi connectivity index (χ0v) is 15.1. The van der Waals surface area contributed by atoms with E-state index in [4.69, 9.17) is 4.42 Å². The molecule has 2 aromatic carbocycles. The fourth-order valence-corrected chi connectivity index (χ4v) is 3.45. The van der Waals surface area contributed by atoms with Crippen molar-refractivity contribution in [1.29, 1.82) is 0 Å². The molecule has 0 fully saturated rings. The number of carbonyl (C=O) groups excluding carboxylic acids is 2. The van der Waals surface area contributed by atoms with Crippen molar-refractivity contribution in [1.82, 2.24) is 0 Å². The van der Waals surface area contributed by atoms with E-state index in [9.17, 15) is 9.59 Å². The van der Waals surface area contributed by atoms with Crippen LogP contribution in [0.5, 0.6) is 0 Å². The number of hydrogen-bond acceptors (Lipinski definition) is 3. The molecule has 5 nitrogen and oxygen atoms in total. The molecule has 5 heteroatoms. The highest BCUT2D eigenvalue weighted by Gasteiger charge is 2.25. The molecule has 0 atom stereocenters. The zero-order chi connectivity index (χ0) is 18.8. The molecule has 0 spiro atoms. The highest BCUT2D eigenvalue weighted by molar-refractivity contribution is 6.07. The van der Waals surface area contributed by atoms with Crippen molar-refractivity contribution in [3.63, 3.8) is 0 Å². The lowest BCUT2D eigenvalue weighted by Gasteiger charge is -2.29. The molecule has 0 saturated carbocycles. The van der Waals surface area contributed by atoms with Gasteiger partial charge >= 0.3 is 0 Å². The average molecular weight is 360 g/mol. The Morgan fingerprint density at radius 3 is 2.70 bits per heavy atom. The van der Waals surface area contributed by atoms with E-state index >= 15 is 0 Å². The fourth-order valence-electron chi connectivity index (χ4n) is 3.45. The Hall–Kier alpha value is -3.34. The topological polar surface area (TPSA) is 62.6 Å². The molecule has 4 rings (SSSR count). The molecule has 27 heavy (non-hydrogen) atoms. The van der Waals surface area contributed by atoms with E-state index in [-0.39, 0.29) is 11.8 Å². The summed E-state index contributed by atoms with van der Waals surface area (Å²) < 4.78 is 5.25. The molecule has 3 aromatic rings. The Morgan fingerprint density at radius 2 is 1.93 bits per heavy atom. The van der Waals surface area contributed by atoms with E-state index in [2.05, 4.69) is 5.32 Å². The molecular weight excluding hydrogens is 340 g/mol. The summed E-state index contributed by atoms with van der Waals surface area (Å²) in [7, 11) is 0. The lowest BCUT2D eigenvalue weighted by atomic mass is 10.0. The third-order valence-electron chi connectivity index (χ3n) is 4.82. The summed E-state index contributed by atoms with van der Waals surface area (Å²) >= 11 is 0. The van der Waals surface area contributed by atoms with Crippen LogP contribution >= 0.6 is 0 Å². The van der Waals surface area contributed by atoms with E-state index in [0.717, 1.165) is 35.3 Å².